The fourth-order valence-corrected chi connectivity index (χ4v) is 3.97. The van der Waals surface area contributed by atoms with Gasteiger partial charge in [-0.2, -0.15) is 5.10 Å². The van der Waals surface area contributed by atoms with Crippen molar-refractivity contribution < 1.29 is 0 Å². The molecule has 4 heteroatoms. The Labute approximate surface area is 145 Å². The molecule has 0 bridgehead atoms. The Morgan fingerprint density at radius 3 is 2.64 bits per heavy atom. The molecule has 1 unspecified atom stereocenters. The van der Waals surface area contributed by atoms with Crippen LogP contribution in [0.4, 0.5) is 5.82 Å². The number of nitrogens with zero attached hydrogens (tertiary/aromatic N) is 3. The van der Waals surface area contributed by atoms with E-state index in [0.717, 1.165) is 35.1 Å². The number of fused-ring (bicyclic) bond motifs is 2. The zero-order valence-corrected chi connectivity index (χ0v) is 13.8. The topological polar surface area (TPSA) is 56.7 Å². The lowest BCUT2D eigenvalue weighted by Crippen LogP contribution is -2.01. The number of rotatable bonds is 2. The summed E-state index contributed by atoms with van der Waals surface area (Å²) in [7, 11) is 0. The smallest absolute Gasteiger partial charge is 0.150 e. The van der Waals surface area contributed by atoms with Crippen molar-refractivity contribution in [2.45, 2.75) is 18.8 Å². The molecule has 25 heavy (non-hydrogen) atoms. The molecule has 0 saturated carbocycles. The lowest BCUT2D eigenvalue weighted by atomic mass is 9.96. The Balaban J connectivity index is 1.77. The number of aromatic nitrogens is 3. The summed E-state index contributed by atoms with van der Waals surface area (Å²) in [6.45, 7) is 0. The highest BCUT2D eigenvalue weighted by Crippen LogP contribution is 2.41. The molecule has 0 saturated heterocycles. The Morgan fingerprint density at radius 2 is 1.76 bits per heavy atom. The highest BCUT2D eigenvalue weighted by Gasteiger charge is 2.28. The molecule has 2 aromatic carbocycles. The maximum atomic E-state index is 6.23. The van der Waals surface area contributed by atoms with Crippen LogP contribution < -0.4 is 5.73 Å². The highest BCUT2D eigenvalue weighted by atomic mass is 15.3. The molecule has 4 aromatic rings. The van der Waals surface area contributed by atoms with E-state index in [1.165, 1.54) is 11.1 Å². The third kappa shape index (κ3) is 2.14. The molecule has 0 spiro atoms. The zero-order valence-electron chi connectivity index (χ0n) is 13.8. The van der Waals surface area contributed by atoms with Crippen LogP contribution in [0, 0.1) is 0 Å². The second-order valence-electron chi connectivity index (χ2n) is 6.52. The van der Waals surface area contributed by atoms with Gasteiger partial charge in [-0.05, 0) is 42.2 Å². The highest BCUT2D eigenvalue weighted by molar-refractivity contribution is 5.91. The quantitative estimate of drug-likeness (QED) is 0.604. The molecule has 0 radical (unpaired) electrons. The van der Waals surface area contributed by atoms with Crippen LogP contribution in [0.25, 0.3) is 16.6 Å². The molecule has 2 aromatic heterocycles. The Kier molecular flexibility index (Phi) is 3.10. The van der Waals surface area contributed by atoms with Crippen molar-refractivity contribution in [1.29, 1.82) is 0 Å². The van der Waals surface area contributed by atoms with E-state index in [1.807, 2.05) is 41.1 Å². The minimum Gasteiger partial charge on any atom is -0.382 e. The van der Waals surface area contributed by atoms with Gasteiger partial charge < -0.3 is 5.73 Å². The maximum absolute atomic E-state index is 6.23. The number of hydrogen-bond donors (Lipinski definition) is 1. The largest absolute Gasteiger partial charge is 0.382 e. The van der Waals surface area contributed by atoms with Crippen molar-refractivity contribution in [3.63, 3.8) is 0 Å². The number of benzene rings is 2. The summed E-state index contributed by atoms with van der Waals surface area (Å²) in [5.74, 6) is 0.830. The normalized spacial score (nSPS) is 16.2. The van der Waals surface area contributed by atoms with E-state index in [9.17, 15) is 0 Å². The van der Waals surface area contributed by atoms with Crippen LogP contribution >= 0.6 is 0 Å². The summed E-state index contributed by atoms with van der Waals surface area (Å²) < 4.78 is 1.94. The van der Waals surface area contributed by atoms with Gasteiger partial charge in [-0.3, -0.25) is 0 Å². The molecule has 1 aliphatic rings. The first-order chi connectivity index (χ1) is 12.3. The number of para-hydroxylation sites is 1. The summed E-state index contributed by atoms with van der Waals surface area (Å²) >= 11 is 0. The molecule has 2 N–H and O–H groups in total. The minimum absolute atomic E-state index is 0.311. The first kappa shape index (κ1) is 14.2. The van der Waals surface area contributed by atoms with E-state index in [-0.39, 0.29) is 0 Å². The summed E-state index contributed by atoms with van der Waals surface area (Å²) in [5, 5.41) is 6.09. The van der Waals surface area contributed by atoms with Crippen LogP contribution in [0.3, 0.4) is 0 Å². The first-order valence-corrected chi connectivity index (χ1v) is 8.59. The van der Waals surface area contributed by atoms with Gasteiger partial charge in [-0.25, -0.2) is 9.67 Å². The predicted octanol–water partition coefficient (Wildman–Crippen LogP) is 4.08. The molecule has 0 fully saturated rings. The van der Waals surface area contributed by atoms with E-state index in [2.05, 4.69) is 29.2 Å². The lowest BCUT2D eigenvalue weighted by Gasteiger charge is -2.09. The van der Waals surface area contributed by atoms with Crippen LogP contribution in [0.5, 0.6) is 0 Å². The number of aryl methyl sites for hydroxylation is 1. The van der Waals surface area contributed by atoms with Crippen molar-refractivity contribution in [2.24, 2.45) is 0 Å². The number of hydrogen-bond acceptors (Lipinski definition) is 3. The van der Waals surface area contributed by atoms with Gasteiger partial charge in [-0.1, -0.05) is 42.5 Å². The van der Waals surface area contributed by atoms with Gasteiger partial charge in [0.2, 0.25) is 0 Å². The Morgan fingerprint density at radius 1 is 0.960 bits per heavy atom. The fraction of sp³-hybridized carbons (Fsp3) is 0.143. The second-order valence-corrected chi connectivity index (χ2v) is 6.52. The van der Waals surface area contributed by atoms with E-state index in [0.29, 0.717) is 11.7 Å². The van der Waals surface area contributed by atoms with E-state index >= 15 is 0 Å². The Bertz CT molecular complexity index is 1070. The molecular formula is C21H18N4. The van der Waals surface area contributed by atoms with Crippen molar-refractivity contribution in [3.05, 3.63) is 83.7 Å². The first-order valence-electron chi connectivity index (χ1n) is 8.59. The van der Waals surface area contributed by atoms with E-state index < -0.39 is 0 Å². The van der Waals surface area contributed by atoms with Crippen molar-refractivity contribution in [2.75, 3.05) is 5.73 Å². The maximum Gasteiger partial charge on any atom is 0.150 e. The van der Waals surface area contributed by atoms with Gasteiger partial charge >= 0.3 is 0 Å². The van der Waals surface area contributed by atoms with Crippen LogP contribution in [0.1, 0.15) is 29.2 Å². The molecule has 2 heterocycles. The molecule has 5 rings (SSSR count). The third-order valence-corrected chi connectivity index (χ3v) is 5.11. The Hall–Kier alpha value is -3.14. The van der Waals surface area contributed by atoms with Gasteiger partial charge in [0.1, 0.15) is 11.3 Å². The number of nitrogen functional groups attached to an aromatic ring is 1. The van der Waals surface area contributed by atoms with E-state index in [4.69, 9.17) is 10.8 Å². The van der Waals surface area contributed by atoms with Crippen molar-refractivity contribution >= 4 is 16.7 Å². The van der Waals surface area contributed by atoms with E-state index in [1.54, 1.807) is 6.20 Å². The summed E-state index contributed by atoms with van der Waals surface area (Å²) in [6.07, 6.45) is 3.96. The average Bonchev–Trinajstić information content (AvgIpc) is 3.24. The van der Waals surface area contributed by atoms with Crippen molar-refractivity contribution in [3.8, 4) is 5.69 Å². The summed E-state index contributed by atoms with van der Waals surface area (Å²) in [4.78, 5) is 4.29. The van der Waals surface area contributed by atoms with Gasteiger partial charge in [0.25, 0.3) is 0 Å². The monoisotopic (exact) mass is 326 g/mol. The predicted molar refractivity (Wildman–Crippen MR) is 99.9 cm³/mol. The molecule has 1 atom stereocenters. The van der Waals surface area contributed by atoms with Gasteiger partial charge in [0, 0.05) is 17.5 Å². The van der Waals surface area contributed by atoms with Crippen LogP contribution in [-0.4, -0.2) is 14.8 Å². The third-order valence-electron chi connectivity index (χ3n) is 5.11. The SMILES string of the molecule is Nc1nccc2c(C3CCc4ccccc43)nn(-c3ccccc3)c12. The number of pyridine rings is 1. The summed E-state index contributed by atoms with van der Waals surface area (Å²) in [5.41, 5.74) is 12.0. The van der Waals surface area contributed by atoms with Crippen LogP contribution in [-0.2, 0) is 6.42 Å². The average molecular weight is 326 g/mol. The molecular weight excluding hydrogens is 308 g/mol. The zero-order chi connectivity index (χ0) is 16.8. The molecule has 0 aliphatic heterocycles. The second kappa shape index (κ2) is 5.45. The lowest BCUT2D eigenvalue weighted by molar-refractivity contribution is 0.740. The minimum atomic E-state index is 0.311. The van der Waals surface area contributed by atoms with Gasteiger partial charge in [0.15, 0.2) is 0 Å². The van der Waals surface area contributed by atoms with Crippen molar-refractivity contribution in [1.82, 2.24) is 14.8 Å². The van der Waals surface area contributed by atoms with Crippen LogP contribution in [0.2, 0.25) is 0 Å². The fourth-order valence-electron chi connectivity index (χ4n) is 3.97. The standard InChI is InChI=1S/C21H18N4/c22-21-20-18(12-13-23-21)19(24-25(20)15-7-2-1-3-8-15)17-11-10-14-6-4-5-9-16(14)17/h1-9,12-13,17H,10-11H2,(H2,22,23). The summed E-state index contributed by atoms with van der Waals surface area (Å²) in [6, 6.07) is 20.8. The molecule has 122 valence electrons. The molecule has 1 aliphatic carbocycles. The van der Waals surface area contributed by atoms with Crippen LogP contribution in [0.15, 0.2) is 66.9 Å². The van der Waals surface area contributed by atoms with Gasteiger partial charge in [0.05, 0.1) is 11.4 Å². The molecule has 4 nitrogen and oxygen atoms in total. The molecule has 0 amide bonds. The number of anilines is 1. The van der Waals surface area contributed by atoms with Gasteiger partial charge in [-0.15, -0.1) is 0 Å². The number of nitrogens with two attached hydrogens (primary N) is 1.